The summed E-state index contributed by atoms with van der Waals surface area (Å²) in [6.45, 7) is 2.90. The number of aromatic amines is 1. The lowest BCUT2D eigenvalue weighted by molar-refractivity contribution is 0.510. The van der Waals surface area contributed by atoms with E-state index in [1.807, 2.05) is 11.4 Å². The number of hydrogen-bond donors (Lipinski definition) is 2. The Labute approximate surface area is 111 Å². The molecule has 0 aliphatic heterocycles. The summed E-state index contributed by atoms with van der Waals surface area (Å²) in [5.74, 6) is 0. The molecule has 1 aromatic heterocycles. The minimum absolute atomic E-state index is 0.0174. The molecule has 0 saturated carbocycles. The van der Waals surface area contributed by atoms with E-state index in [-0.39, 0.29) is 4.87 Å². The van der Waals surface area contributed by atoms with Gasteiger partial charge in [-0.3, -0.25) is 4.79 Å². The molecule has 0 saturated heterocycles. The third kappa shape index (κ3) is 4.13. The van der Waals surface area contributed by atoms with E-state index in [0.717, 1.165) is 25.1 Å². The summed E-state index contributed by atoms with van der Waals surface area (Å²) in [5, 5.41) is 5.29. The first-order valence-electron chi connectivity index (χ1n) is 6.18. The van der Waals surface area contributed by atoms with Gasteiger partial charge in [0.25, 0.3) is 0 Å². The third-order valence-electron chi connectivity index (χ3n) is 2.92. The van der Waals surface area contributed by atoms with Crippen molar-refractivity contribution in [3.63, 3.8) is 0 Å². The van der Waals surface area contributed by atoms with Crippen LogP contribution in [-0.2, 0) is 13.0 Å². The molecule has 3 nitrogen and oxygen atoms in total. The number of nitrogens with one attached hydrogen (secondary N) is 2. The van der Waals surface area contributed by atoms with E-state index < -0.39 is 0 Å². The molecule has 18 heavy (non-hydrogen) atoms. The molecule has 0 aliphatic rings. The molecule has 2 N–H and O–H groups in total. The smallest absolute Gasteiger partial charge is 0.304 e. The Morgan fingerprint density at radius 1 is 1.33 bits per heavy atom. The zero-order chi connectivity index (χ0) is 12.8. The first kappa shape index (κ1) is 13.1. The minimum Gasteiger partial charge on any atom is -0.315 e. The van der Waals surface area contributed by atoms with Crippen LogP contribution in [0.25, 0.3) is 0 Å². The van der Waals surface area contributed by atoms with Crippen molar-refractivity contribution >= 4 is 11.3 Å². The lowest BCUT2D eigenvalue weighted by Crippen LogP contribution is -2.26. The van der Waals surface area contributed by atoms with Gasteiger partial charge in [-0.25, -0.2) is 0 Å². The molecule has 0 bridgehead atoms. The van der Waals surface area contributed by atoms with Gasteiger partial charge in [-0.05, 0) is 25.3 Å². The Balaban J connectivity index is 1.72. The molecule has 1 heterocycles. The van der Waals surface area contributed by atoms with Crippen LogP contribution in [0.4, 0.5) is 0 Å². The second kappa shape index (κ2) is 6.52. The largest absolute Gasteiger partial charge is 0.315 e. The Morgan fingerprint density at radius 2 is 2.11 bits per heavy atom. The summed E-state index contributed by atoms with van der Waals surface area (Å²) in [5.41, 5.74) is 2.34. The molecule has 0 amide bonds. The highest BCUT2D eigenvalue weighted by Gasteiger charge is 2.03. The highest BCUT2D eigenvalue weighted by atomic mass is 32.1. The molecule has 2 rings (SSSR count). The number of thiazole rings is 1. The van der Waals surface area contributed by atoms with Gasteiger partial charge in [-0.2, -0.15) is 0 Å². The number of aryl methyl sites for hydroxylation is 1. The fourth-order valence-electron chi connectivity index (χ4n) is 1.81. The average molecular weight is 262 g/mol. The Bertz CT molecular complexity index is 518. The van der Waals surface area contributed by atoms with E-state index in [1.54, 1.807) is 0 Å². The van der Waals surface area contributed by atoms with Crippen molar-refractivity contribution in [2.75, 3.05) is 0 Å². The van der Waals surface area contributed by atoms with E-state index in [9.17, 15) is 4.79 Å². The summed E-state index contributed by atoms with van der Waals surface area (Å²) in [7, 11) is 0. The fourth-order valence-corrected chi connectivity index (χ4v) is 2.40. The molecule has 1 atom stereocenters. The van der Waals surface area contributed by atoms with Crippen LogP contribution in [0.5, 0.6) is 0 Å². The third-order valence-corrected chi connectivity index (χ3v) is 3.64. The zero-order valence-corrected chi connectivity index (χ0v) is 11.3. The van der Waals surface area contributed by atoms with Crippen LogP contribution in [-0.4, -0.2) is 11.0 Å². The molecule has 0 aliphatic carbocycles. The quantitative estimate of drug-likeness (QED) is 0.840. The van der Waals surface area contributed by atoms with Crippen LogP contribution in [0.1, 0.15) is 24.6 Å². The summed E-state index contributed by atoms with van der Waals surface area (Å²) < 4.78 is 0. The van der Waals surface area contributed by atoms with Crippen LogP contribution in [0.3, 0.4) is 0 Å². The maximum atomic E-state index is 11.0. The topological polar surface area (TPSA) is 44.9 Å². The van der Waals surface area contributed by atoms with Crippen molar-refractivity contribution in [1.29, 1.82) is 0 Å². The Morgan fingerprint density at radius 3 is 2.78 bits per heavy atom. The SMILES string of the molecule is CC(CCc1ccccc1)NCc1csc(=O)[nH]1. The van der Waals surface area contributed by atoms with Crippen molar-refractivity contribution in [2.45, 2.75) is 32.4 Å². The van der Waals surface area contributed by atoms with E-state index in [4.69, 9.17) is 0 Å². The van der Waals surface area contributed by atoms with E-state index in [2.05, 4.69) is 41.5 Å². The van der Waals surface area contributed by atoms with Crippen LogP contribution in [0.15, 0.2) is 40.5 Å². The summed E-state index contributed by atoms with van der Waals surface area (Å²) in [4.78, 5) is 13.8. The predicted octanol–water partition coefficient (Wildman–Crippen LogP) is 2.55. The molecule has 4 heteroatoms. The van der Waals surface area contributed by atoms with Crippen molar-refractivity contribution in [1.82, 2.24) is 10.3 Å². The van der Waals surface area contributed by atoms with E-state index in [1.165, 1.54) is 16.9 Å². The first-order valence-corrected chi connectivity index (χ1v) is 7.06. The van der Waals surface area contributed by atoms with Gasteiger partial charge in [-0.15, -0.1) is 0 Å². The predicted molar refractivity (Wildman–Crippen MR) is 76.0 cm³/mol. The van der Waals surface area contributed by atoms with Gasteiger partial charge in [0, 0.05) is 23.7 Å². The van der Waals surface area contributed by atoms with Crippen molar-refractivity contribution < 1.29 is 0 Å². The molecule has 2 aromatic rings. The van der Waals surface area contributed by atoms with Crippen LogP contribution < -0.4 is 10.2 Å². The second-order valence-corrected chi connectivity index (χ2v) is 5.32. The molecule has 0 radical (unpaired) electrons. The highest BCUT2D eigenvalue weighted by Crippen LogP contribution is 2.05. The Hall–Kier alpha value is -1.39. The number of aromatic nitrogens is 1. The van der Waals surface area contributed by atoms with E-state index in [0.29, 0.717) is 6.04 Å². The van der Waals surface area contributed by atoms with Gasteiger partial charge < -0.3 is 10.3 Å². The van der Waals surface area contributed by atoms with Gasteiger partial charge in [-0.1, -0.05) is 41.7 Å². The maximum absolute atomic E-state index is 11.0. The standard InChI is InChI=1S/C14H18N2OS/c1-11(7-8-12-5-3-2-4-6-12)15-9-13-10-18-14(17)16-13/h2-6,10-11,15H,7-9H2,1H3,(H,16,17). The molecular weight excluding hydrogens is 244 g/mol. The summed E-state index contributed by atoms with van der Waals surface area (Å²) in [6, 6.07) is 10.9. The minimum atomic E-state index is 0.0174. The van der Waals surface area contributed by atoms with Crippen molar-refractivity contribution in [3.05, 3.63) is 56.6 Å². The normalized spacial score (nSPS) is 12.5. The summed E-state index contributed by atoms with van der Waals surface area (Å²) >= 11 is 1.22. The van der Waals surface area contributed by atoms with Crippen LogP contribution in [0.2, 0.25) is 0 Å². The number of benzene rings is 1. The summed E-state index contributed by atoms with van der Waals surface area (Å²) in [6.07, 6.45) is 2.17. The molecule has 1 aromatic carbocycles. The maximum Gasteiger partial charge on any atom is 0.304 e. The van der Waals surface area contributed by atoms with Gasteiger partial charge >= 0.3 is 4.87 Å². The monoisotopic (exact) mass is 262 g/mol. The van der Waals surface area contributed by atoms with Crippen LogP contribution >= 0.6 is 11.3 Å². The van der Waals surface area contributed by atoms with Gasteiger partial charge in [0.15, 0.2) is 0 Å². The number of rotatable bonds is 6. The van der Waals surface area contributed by atoms with E-state index >= 15 is 0 Å². The van der Waals surface area contributed by atoms with Gasteiger partial charge in [0.05, 0.1) is 0 Å². The zero-order valence-electron chi connectivity index (χ0n) is 10.5. The molecule has 0 spiro atoms. The van der Waals surface area contributed by atoms with Crippen molar-refractivity contribution in [2.24, 2.45) is 0 Å². The second-order valence-electron chi connectivity index (χ2n) is 4.48. The highest BCUT2D eigenvalue weighted by molar-refractivity contribution is 7.07. The Kier molecular flexibility index (Phi) is 4.73. The molecule has 1 unspecified atom stereocenters. The molecular formula is C14H18N2OS. The van der Waals surface area contributed by atoms with Gasteiger partial charge in [0.1, 0.15) is 0 Å². The first-order chi connectivity index (χ1) is 8.74. The fraction of sp³-hybridized carbons (Fsp3) is 0.357. The number of H-pyrrole nitrogens is 1. The molecule has 0 fully saturated rings. The van der Waals surface area contributed by atoms with Crippen molar-refractivity contribution in [3.8, 4) is 0 Å². The lowest BCUT2D eigenvalue weighted by atomic mass is 10.1. The van der Waals surface area contributed by atoms with Crippen LogP contribution in [0, 0.1) is 0 Å². The molecule has 96 valence electrons. The lowest BCUT2D eigenvalue weighted by Gasteiger charge is -2.12. The average Bonchev–Trinajstić information content (AvgIpc) is 2.81. The number of hydrogen-bond acceptors (Lipinski definition) is 3. The van der Waals surface area contributed by atoms with Gasteiger partial charge in [0.2, 0.25) is 0 Å².